The van der Waals surface area contributed by atoms with Gasteiger partial charge >= 0.3 is 0 Å². The number of aliphatic hydroxyl groups is 1. The van der Waals surface area contributed by atoms with Crippen LogP contribution in [0.4, 0.5) is 0 Å². The molecule has 0 spiro atoms. The van der Waals surface area contributed by atoms with Gasteiger partial charge in [0.1, 0.15) is 17.0 Å². The molecule has 27 heavy (non-hydrogen) atoms. The van der Waals surface area contributed by atoms with E-state index in [1.54, 1.807) is 26.3 Å². The Labute approximate surface area is 157 Å². The molecule has 1 amide bonds. The third-order valence-electron chi connectivity index (χ3n) is 4.42. The first kappa shape index (κ1) is 18.7. The van der Waals surface area contributed by atoms with E-state index in [1.165, 1.54) is 0 Å². The minimum absolute atomic E-state index is 0.148. The molecule has 0 radical (unpaired) electrons. The minimum atomic E-state index is -0.800. The molecular weight excluding hydrogens is 344 g/mol. The third-order valence-corrected chi connectivity index (χ3v) is 4.42. The van der Waals surface area contributed by atoms with E-state index in [1.807, 2.05) is 43.3 Å². The van der Waals surface area contributed by atoms with Gasteiger partial charge in [-0.05, 0) is 36.8 Å². The van der Waals surface area contributed by atoms with Gasteiger partial charge in [-0.25, -0.2) is 0 Å². The average molecular weight is 366 g/mol. The zero-order valence-electron chi connectivity index (χ0n) is 15.5. The van der Waals surface area contributed by atoms with Crippen LogP contribution in [-0.2, 0) is 6.42 Å². The van der Waals surface area contributed by atoms with Crippen molar-refractivity contribution >= 4 is 5.91 Å². The first-order chi connectivity index (χ1) is 13.0. The maximum absolute atomic E-state index is 12.5. The molecule has 3 rings (SSSR count). The number of carbonyl (C=O) groups excluding carboxylic acids is 1. The van der Waals surface area contributed by atoms with Gasteiger partial charge in [-0.15, -0.1) is 0 Å². The highest BCUT2D eigenvalue weighted by molar-refractivity contribution is 6.00. The number of benzene rings is 2. The van der Waals surface area contributed by atoms with Crippen molar-refractivity contribution in [1.29, 1.82) is 0 Å². The molecule has 2 aromatic carbocycles. The lowest BCUT2D eigenvalue weighted by atomic mass is 9.99. The minimum Gasteiger partial charge on any atom is -0.497 e. The van der Waals surface area contributed by atoms with Crippen LogP contribution in [-0.4, -0.2) is 30.3 Å². The number of hydrogen-bond donors (Lipinski definition) is 2. The second-order valence-electron chi connectivity index (χ2n) is 6.27. The molecule has 1 aromatic heterocycles. The molecule has 0 aliphatic carbocycles. The number of methoxy groups -OCH3 is 1. The van der Waals surface area contributed by atoms with Gasteiger partial charge in [0.05, 0.1) is 13.2 Å². The molecular formula is C21H22N2O4. The van der Waals surface area contributed by atoms with Crippen LogP contribution in [0.25, 0.3) is 11.3 Å². The first-order valence-electron chi connectivity index (χ1n) is 8.63. The van der Waals surface area contributed by atoms with Crippen LogP contribution in [0.1, 0.15) is 33.3 Å². The van der Waals surface area contributed by atoms with Crippen molar-refractivity contribution in [2.24, 2.45) is 0 Å². The molecule has 0 aliphatic rings. The van der Waals surface area contributed by atoms with Crippen LogP contribution in [0.3, 0.4) is 0 Å². The van der Waals surface area contributed by atoms with Crippen molar-refractivity contribution < 1.29 is 19.2 Å². The van der Waals surface area contributed by atoms with Crippen molar-refractivity contribution in [2.45, 2.75) is 19.4 Å². The molecule has 1 unspecified atom stereocenters. The Hall–Kier alpha value is -3.12. The monoisotopic (exact) mass is 366 g/mol. The average Bonchev–Trinajstić information content (AvgIpc) is 3.11. The van der Waals surface area contributed by atoms with E-state index < -0.39 is 6.10 Å². The number of rotatable bonds is 6. The van der Waals surface area contributed by atoms with Gasteiger partial charge < -0.3 is 19.7 Å². The first-order valence-corrected chi connectivity index (χ1v) is 8.63. The van der Waals surface area contributed by atoms with Crippen LogP contribution >= 0.6 is 0 Å². The van der Waals surface area contributed by atoms with E-state index >= 15 is 0 Å². The summed E-state index contributed by atoms with van der Waals surface area (Å²) >= 11 is 0. The van der Waals surface area contributed by atoms with Crippen LogP contribution in [0.15, 0.2) is 53.1 Å². The number of nitrogens with one attached hydrogen (secondary N) is 1. The van der Waals surface area contributed by atoms with E-state index in [2.05, 4.69) is 10.5 Å². The molecule has 3 aromatic rings. The Morgan fingerprint density at radius 1 is 1.19 bits per heavy atom. The molecule has 1 heterocycles. The van der Waals surface area contributed by atoms with Crippen LogP contribution < -0.4 is 10.1 Å². The van der Waals surface area contributed by atoms with Crippen molar-refractivity contribution in [3.63, 3.8) is 0 Å². The molecule has 0 aliphatic heterocycles. The number of ether oxygens (including phenoxy) is 1. The smallest absolute Gasteiger partial charge is 0.256 e. The highest BCUT2D eigenvalue weighted by Gasteiger charge is 2.25. The van der Waals surface area contributed by atoms with E-state index in [0.717, 1.165) is 16.7 Å². The molecule has 0 bridgehead atoms. The standard InChI is InChI=1S/C21H22N2O4/c1-13-4-6-14(7-5-13)17(24)12-18-19(21(25)22-2)20(23-27-18)15-8-10-16(26-3)11-9-15/h4-11,17,24H,12H2,1-3H3,(H,22,25). The molecule has 0 saturated heterocycles. The summed E-state index contributed by atoms with van der Waals surface area (Å²) in [6.45, 7) is 1.98. The molecule has 0 saturated carbocycles. The number of nitrogens with zero attached hydrogens (tertiary/aromatic N) is 1. The quantitative estimate of drug-likeness (QED) is 0.699. The molecule has 6 nitrogen and oxygen atoms in total. The summed E-state index contributed by atoms with van der Waals surface area (Å²) in [7, 11) is 3.14. The fourth-order valence-corrected chi connectivity index (χ4v) is 2.85. The van der Waals surface area contributed by atoms with Gasteiger partial charge in [-0.3, -0.25) is 4.79 Å². The molecule has 1 atom stereocenters. The highest BCUT2D eigenvalue weighted by atomic mass is 16.5. The Morgan fingerprint density at radius 3 is 2.44 bits per heavy atom. The van der Waals surface area contributed by atoms with Crippen molar-refractivity contribution in [2.75, 3.05) is 14.2 Å². The number of hydrogen-bond acceptors (Lipinski definition) is 5. The predicted molar refractivity (Wildman–Crippen MR) is 102 cm³/mol. The third kappa shape index (κ3) is 4.01. The Morgan fingerprint density at radius 2 is 1.85 bits per heavy atom. The summed E-state index contributed by atoms with van der Waals surface area (Å²) in [4.78, 5) is 12.5. The lowest BCUT2D eigenvalue weighted by Crippen LogP contribution is -2.20. The number of aliphatic hydroxyl groups excluding tert-OH is 1. The van der Waals surface area contributed by atoms with Crippen LogP contribution in [0.5, 0.6) is 5.75 Å². The largest absolute Gasteiger partial charge is 0.497 e. The van der Waals surface area contributed by atoms with Crippen molar-refractivity contribution in [3.8, 4) is 17.0 Å². The summed E-state index contributed by atoms with van der Waals surface area (Å²) in [6, 6.07) is 14.8. The topological polar surface area (TPSA) is 84.6 Å². The number of aryl methyl sites for hydroxylation is 1. The van der Waals surface area contributed by atoms with Crippen LogP contribution in [0.2, 0.25) is 0 Å². The summed E-state index contributed by atoms with van der Waals surface area (Å²) in [5.41, 5.74) is 3.36. The van der Waals surface area contributed by atoms with Crippen molar-refractivity contribution in [3.05, 3.63) is 71.0 Å². The van der Waals surface area contributed by atoms with Gasteiger partial charge in [0.2, 0.25) is 0 Å². The summed E-state index contributed by atoms with van der Waals surface area (Å²) in [5, 5.41) is 17.3. The normalized spacial score (nSPS) is 11.9. The van der Waals surface area contributed by atoms with Crippen molar-refractivity contribution in [1.82, 2.24) is 10.5 Å². The zero-order chi connectivity index (χ0) is 19.4. The number of amides is 1. The summed E-state index contributed by atoms with van der Waals surface area (Å²) in [5.74, 6) is 0.736. The van der Waals surface area contributed by atoms with Gasteiger partial charge in [0, 0.05) is 19.0 Å². The summed E-state index contributed by atoms with van der Waals surface area (Å²) < 4.78 is 10.6. The van der Waals surface area contributed by atoms with E-state index in [9.17, 15) is 9.90 Å². The van der Waals surface area contributed by atoms with Gasteiger partial charge in [-0.2, -0.15) is 0 Å². The maximum atomic E-state index is 12.5. The number of aromatic nitrogens is 1. The van der Waals surface area contributed by atoms with Gasteiger partial charge in [-0.1, -0.05) is 35.0 Å². The zero-order valence-corrected chi connectivity index (χ0v) is 15.5. The molecule has 0 fully saturated rings. The SMILES string of the molecule is CNC(=O)c1c(-c2ccc(OC)cc2)noc1CC(O)c1ccc(C)cc1. The number of carbonyl (C=O) groups is 1. The maximum Gasteiger partial charge on any atom is 0.256 e. The molecule has 140 valence electrons. The Balaban J connectivity index is 1.94. The highest BCUT2D eigenvalue weighted by Crippen LogP contribution is 2.30. The van der Waals surface area contributed by atoms with Crippen LogP contribution in [0, 0.1) is 6.92 Å². The lowest BCUT2D eigenvalue weighted by Gasteiger charge is -2.10. The molecule has 2 N–H and O–H groups in total. The van der Waals surface area contributed by atoms with E-state index in [4.69, 9.17) is 9.26 Å². The van der Waals surface area contributed by atoms with Gasteiger partial charge in [0.25, 0.3) is 5.91 Å². The molecule has 6 heteroatoms. The Bertz CT molecular complexity index is 914. The Kier molecular flexibility index (Phi) is 5.57. The second kappa shape index (κ2) is 8.05. The fourth-order valence-electron chi connectivity index (χ4n) is 2.85. The van der Waals surface area contributed by atoms with Gasteiger partial charge in [0.15, 0.2) is 5.76 Å². The predicted octanol–water partition coefficient (Wildman–Crippen LogP) is 3.29. The summed E-state index contributed by atoms with van der Waals surface area (Å²) in [6.07, 6.45) is -0.653. The van der Waals surface area contributed by atoms with E-state index in [-0.39, 0.29) is 12.3 Å². The second-order valence-corrected chi connectivity index (χ2v) is 6.27. The van der Waals surface area contributed by atoms with E-state index in [0.29, 0.717) is 22.8 Å². The lowest BCUT2D eigenvalue weighted by molar-refractivity contribution is 0.0959. The fraction of sp³-hybridized carbons (Fsp3) is 0.238.